The Bertz CT molecular complexity index is 1390. The summed E-state index contributed by atoms with van der Waals surface area (Å²) in [5, 5.41) is 16.5. The number of ether oxygens (including phenoxy) is 2. The van der Waals surface area contributed by atoms with Gasteiger partial charge in [0.2, 0.25) is 17.7 Å². The zero-order valence-electron chi connectivity index (χ0n) is 27.5. The second-order valence-electron chi connectivity index (χ2n) is 13.1. The molecule has 7 atom stereocenters. The number of amides is 3. The summed E-state index contributed by atoms with van der Waals surface area (Å²) in [6, 6.07) is 13.1. The van der Waals surface area contributed by atoms with E-state index in [1.54, 1.807) is 24.3 Å². The molecule has 1 spiro atoms. The van der Waals surface area contributed by atoms with Crippen molar-refractivity contribution < 1.29 is 29.0 Å². The number of anilines is 3. The molecule has 3 aliphatic rings. The summed E-state index contributed by atoms with van der Waals surface area (Å²) in [4.78, 5) is 46.7. The summed E-state index contributed by atoms with van der Waals surface area (Å²) < 4.78 is 12.4. The van der Waals surface area contributed by atoms with Crippen molar-refractivity contribution in [3.05, 3.63) is 48.5 Å². The summed E-state index contributed by atoms with van der Waals surface area (Å²) in [7, 11) is 0. The number of aliphatic hydroxyl groups is 1. The second kappa shape index (κ2) is 12.6. The molecular formula is C35H48N4O6. The Kier molecular flexibility index (Phi) is 9.20. The van der Waals surface area contributed by atoms with Gasteiger partial charge in [0, 0.05) is 30.2 Å². The zero-order chi connectivity index (χ0) is 32.7. The minimum Gasteiger partial charge on any atom is -0.494 e. The van der Waals surface area contributed by atoms with Crippen molar-refractivity contribution in [1.29, 1.82) is 0 Å². The maximum atomic E-state index is 14.5. The summed E-state index contributed by atoms with van der Waals surface area (Å²) in [5.41, 5.74) is 0.0506. The number of carbonyl (C=O) groups is 3. The highest BCUT2D eigenvalue weighted by Gasteiger charge is 2.80. The van der Waals surface area contributed by atoms with Crippen LogP contribution in [0.5, 0.6) is 5.75 Å². The molecule has 3 heterocycles. The maximum absolute atomic E-state index is 14.5. The smallest absolute Gasteiger partial charge is 0.250 e. The van der Waals surface area contributed by atoms with Gasteiger partial charge >= 0.3 is 0 Å². The highest BCUT2D eigenvalue weighted by Crippen LogP contribution is 2.65. The molecule has 0 aliphatic carbocycles. The third-order valence-electron chi connectivity index (χ3n) is 10.3. The Morgan fingerprint density at radius 2 is 1.60 bits per heavy atom. The number of benzene rings is 2. The van der Waals surface area contributed by atoms with Gasteiger partial charge in [-0.05, 0) is 94.5 Å². The van der Waals surface area contributed by atoms with Gasteiger partial charge in [0.15, 0.2) is 0 Å². The lowest BCUT2D eigenvalue weighted by Crippen LogP contribution is -2.57. The van der Waals surface area contributed by atoms with E-state index in [0.29, 0.717) is 30.2 Å². The number of nitrogens with zero attached hydrogens (tertiary/aromatic N) is 2. The number of hydrogen-bond donors (Lipinski definition) is 3. The minimum atomic E-state index is -1.22. The van der Waals surface area contributed by atoms with Crippen LogP contribution in [0.1, 0.15) is 54.9 Å². The van der Waals surface area contributed by atoms with Crippen LogP contribution in [0.15, 0.2) is 48.5 Å². The van der Waals surface area contributed by atoms with Crippen molar-refractivity contribution in [3.63, 3.8) is 0 Å². The third-order valence-corrected chi connectivity index (χ3v) is 10.3. The predicted molar refractivity (Wildman–Crippen MR) is 174 cm³/mol. The van der Waals surface area contributed by atoms with E-state index < -0.39 is 35.1 Å². The van der Waals surface area contributed by atoms with Crippen LogP contribution in [0.25, 0.3) is 0 Å². The standard InChI is InChI=1S/C35H48N4O6/c1-8-38(9-2)25-15-11-23(12-16-25)37-32(42)30-35-19-22(6)34(7,45-35)28(29(35)33(43)39(30)27(20-40)21(4)5)31(41)36-24-13-17-26(18-14-24)44-10-3/h11-18,21-22,27-30,40H,8-10,19-20H2,1-7H3,(H,36,41)(H,37,42)/t22?,27-,28+,29-,30?,34-,35?/m0/s1. The van der Waals surface area contributed by atoms with Crippen molar-refractivity contribution in [2.24, 2.45) is 23.7 Å². The van der Waals surface area contributed by atoms with Gasteiger partial charge in [-0.25, -0.2) is 0 Å². The van der Waals surface area contributed by atoms with Crippen LogP contribution < -0.4 is 20.3 Å². The van der Waals surface area contributed by atoms with Crippen LogP contribution in [-0.4, -0.2) is 77.3 Å². The van der Waals surface area contributed by atoms with Crippen LogP contribution in [0.3, 0.4) is 0 Å². The number of carbonyl (C=O) groups excluding carboxylic acids is 3. The molecule has 3 fully saturated rings. The minimum absolute atomic E-state index is 0.104. The molecule has 2 aromatic rings. The molecular weight excluding hydrogens is 572 g/mol. The fraction of sp³-hybridized carbons (Fsp3) is 0.571. The van der Waals surface area contributed by atoms with E-state index in [0.717, 1.165) is 18.8 Å². The highest BCUT2D eigenvalue weighted by atomic mass is 16.5. The van der Waals surface area contributed by atoms with Gasteiger partial charge in [-0.3, -0.25) is 14.4 Å². The Balaban J connectivity index is 1.50. The Hall–Kier alpha value is -3.63. The Morgan fingerprint density at radius 1 is 1.02 bits per heavy atom. The first kappa shape index (κ1) is 32.8. The van der Waals surface area contributed by atoms with Crippen molar-refractivity contribution in [1.82, 2.24) is 4.90 Å². The van der Waals surface area contributed by atoms with Crippen molar-refractivity contribution >= 4 is 34.8 Å². The van der Waals surface area contributed by atoms with Crippen molar-refractivity contribution in [3.8, 4) is 5.75 Å². The lowest BCUT2D eigenvalue weighted by atomic mass is 9.62. The third kappa shape index (κ3) is 5.46. The fourth-order valence-electron chi connectivity index (χ4n) is 7.93. The van der Waals surface area contributed by atoms with Gasteiger partial charge in [0.25, 0.3) is 0 Å². The average Bonchev–Trinajstić information content (AvgIpc) is 3.52. The SMILES string of the molecule is CCOc1ccc(NC(=O)[C@H]2[C@H]3C(=O)N([C@@H](CO)C(C)C)C(C(=O)Nc4ccc(N(CC)CC)cc4)C34CC(C)[C@]2(C)O4)cc1. The zero-order valence-corrected chi connectivity index (χ0v) is 27.5. The number of nitrogens with one attached hydrogen (secondary N) is 2. The summed E-state index contributed by atoms with van der Waals surface area (Å²) in [6.07, 6.45) is 0.443. The molecule has 45 heavy (non-hydrogen) atoms. The lowest BCUT2D eigenvalue weighted by molar-refractivity contribution is -0.149. The summed E-state index contributed by atoms with van der Waals surface area (Å²) in [6.45, 7) is 15.8. The number of fused-ring (bicyclic) bond motifs is 1. The van der Waals surface area contributed by atoms with Gasteiger partial charge in [0.1, 0.15) is 17.4 Å². The number of aliphatic hydroxyl groups excluding tert-OH is 1. The average molecular weight is 621 g/mol. The predicted octanol–water partition coefficient (Wildman–Crippen LogP) is 4.54. The van der Waals surface area contributed by atoms with E-state index in [2.05, 4.69) is 29.4 Å². The molecule has 0 aromatic heterocycles. The molecule has 3 amide bonds. The van der Waals surface area contributed by atoms with Crippen molar-refractivity contribution in [2.75, 3.05) is 41.8 Å². The van der Waals surface area contributed by atoms with E-state index in [4.69, 9.17) is 9.47 Å². The molecule has 3 N–H and O–H groups in total. The van der Waals surface area contributed by atoms with E-state index in [1.807, 2.05) is 58.9 Å². The molecule has 3 unspecified atom stereocenters. The molecule has 0 saturated carbocycles. The maximum Gasteiger partial charge on any atom is 0.250 e. The molecule has 0 radical (unpaired) electrons. The summed E-state index contributed by atoms with van der Waals surface area (Å²) >= 11 is 0. The van der Waals surface area contributed by atoms with Gasteiger partial charge < -0.3 is 35.0 Å². The Labute approximate surface area is 266 Å². The monoisotopic (exact) mass is 620 g/mol. The molecule has 5 rings (SSSR count). The lowest BCUT2D eigenvalue weighted by Gasteiger charge is -2.38. The van der Waals surface area contributed by atoms with Gasteiger partial charge in [-0.2, -0.15) is 0 Å². The molecule has 2 aromatic carbocycles. The molecule has 3 aliphatic heterocycles. The topological polar surface area (TPSA) is 120 Å². The van der Waals surface area contributed by atoms with E-state index >= 15 is 0 Å². The van der Waals surface area contributed by atoms with E-state index in [1.165, 1.54) is 4.90 Å². The quantitative estimate of drug-likeness (QED) is 0.319. The van der Waals surface area contributed by atoms with Crippen LogP contribution in [0.2, 0.25) is 0 Å². The normalized spacial score (nSPS) is 29.1. The van der Waals surface area contributed by atoms with Gasteiger partial charge in [-0.15, -0.1) is 0 Å². The highest BCUT2D eigenvalue weighted by molar-refractivity contribution is 6.05. The molecule has 244 valence electrons. The fourth-order valence-corrected chi connectivity index (χ4v) is 7.93. The number of rotatable bonds is 12. The van der Waals surface area contributed by atoms with Crippen LogP contribution >= 0.6 is 0 Å². The van der Waals surface area contributed by atoms with Gasteiger partial charge in [-0.1, -0.05) is 20.8 Å². The van der Waals surface area contributed by atoms with E-state index in [9.17, 15) is 19.5 Å². The van der Waals surface area contributed by atoms with Crippen LogP contribution in [0.4, 0.5) is 17.1 Å². The number of likely N-dealkylation sites (tertiary alicyclic amines) is 1. The van der Waals surface area contributed by atoms with Crippen molar-refractivity contribution in [2.45, 2.75) is 78.2 Å². The molecule has 3 saturated heterocycles. The summed E-state index contributed by atoms with van der Waals surface area (Å²) in [5.74, 6) is -2.30. The second-order valence-corrected chi connectivity index (χ2v) is 13.1. The molecule has 10 heteroatoms. The molecule has 2 bridgehead atoms. The number of hydrogen-bond acceptors (Lipinski definition) is 7. The first-order valence-electron chi connectivity index (χ1n) is 16.3. The first-order valence-corrected chi connectivity index (χ1v) is 16.3. The first-order chi connectivity index (χ1) is 21.4. The Morgan fingerprint density at radius 3 is 2.13 bits per heavy atom. The van der Waals surface area contributed by atoms with E-state index in [-0.39, 0.29) is 36.2 Å². The largest absolute Gasteiger partial charge is 0.494 e. The van der Waals surface area contributed by atoms with Crippen LogP contribution in [0, 0.1) is 23.7 Å². The molecule has 10 nitrogen and oxygen atoms in total. The van der Waals surface area contributed by atoms with Crippen LogP contribution in [-0.2, 0) is 19.1 Å². The van der Waals surface area contributed by atoms with Gasteiger partial charge in [0.05, 0.1) is 36.7 Å².